The Morgan fingerprint density at radius 2 is 1.19 bits per heavy atom. The molecule has 2 aromatic carbocycles. The highest BCUT2D eigenvalue weighted by molar-refractivity contribution is 6.07. The van der Waals surface area contributed by atoms with Crippen LogP contribution in [-0.4, -0.2) is 42.3 Å². The molecule has 2 N–H and O–H groups in total. The third-order valence-corrected chi connectivity index (χ3v) is 6.98. The van der Waals surface area contributed by atoms with E-state index in [9.17, 15) is 14.4 Å². The van der Waals surface area contributed by atoms with Crippen molar-refractivity contribution in [3.63, 3.8) is 0 Å². The number of carbonyl (C=O) groups excluding carboxylic acids is 2. The van der Waals surface area contributed by atoms with Gasteiger partial charge in [0.25, 0.3) is 12.0 Å². The average molecular weight is 584 g/mol. The van der Waals surface area contributed by atoms with Crippen LogP contribution in [0.15, 0.2) is 48.5 Å². The molecule has 0 radical (unpaired) electrons. The summed E-state index contributed by atoms with van der Waals surface area (Å²) in [6, 6.07) is 12.4. The van der Waals surface area contributed by atoms with E-state index in [0.717, 1.165) is 12.8 Å². The summed E-state index contributed by atoms with van der Waals surface area (Å²) in [4.78, 5) is 36.3. The van der Waals surface area contributed by atoms with Gasteiger partial charge in [-0.2, -0.15) is 0 Å². The van der Waals surface area contributed by atoms with E-state index in [1.807, 2.05) is 0 Å². The summed E-state index contributed by atoms with van der Waals surface area (Å²) in [5, 5.41) is 11.7. The van der Waals surface area contributed by atoms with E-state index in [1.54, 1.807) is 31.2 Å². The van der Waals surface area contributed by atoms with Crippen LogP contribution in [0.4, 0.5) is 5.69 Å². The van der Waals surface area contributed by atoms with Gasteiger partial charge in [-0.25, -0.2) is 9.59 Å². The standard InChI is InChI=1S/C34H49NO7/c1-3-5-6-7-8-9-10-11-12-13-14-15-16-17-26-41-29-24-20-28(21-25-29)35-32(36)31(34(39)40-4-2)42-30-22-18-27(19-23-30)33(37)38/h18-25,31H,3-17,26H2,1-2H3,(H,35,36)(H,37,38). The number of amides is 1. The van der Waals surface area contributed by atoms with E-state index in [4.69, 9.17) is 19.3 Å². The van der Waals surface area contributed by atoms with Crippen LogP contribution in [0.1, 0.15) is 114 Å². The Morgan fingerprint density at radius 3 is 1.69 bits per heavy atom. The molecule has 1 atom stereocenters. The molecule has 0 aliphatic rings. The van der Waals surface area contributed by atoms with Crippen LogP contribution >= 0.6 is 0 Å². The van der Waals surface area contributed by atoms with Gasteiger partial charge in [0.2, 0.25) is 0 Å². The Kier molecular flexibility index (Phi) is 17.5. The van der Waals surface area contributed by atoms with Crippen molar-refractivity contribution in [2.75, 3.05) is 18.5 Å². The van der Waals surface area contributed by atoms with Crippen LogP contribution in [0.3, 0.4) is 0 Å². The summed E-state index contributed by atoms with van der Waals surface area (Å²) in [5.41, 5.74) is 0.536. The zero-order valence-electron chi connectivity index (χ0n) is 25.4. The molecule has 8 nitrogen and oxygen atoms in total. The van der Waals surface area contributed by atoms with Crippen molar-refractivity contribution in [3.05, 3.63) is 54.1 Å². The number of aromatic carboxylic acids is 1. The Balaban J connectivity index is 1.65. The first-order chi connectivity index (χ1) is 20.4. The second-order valence-electron chi connectivity index (χ2n) is 10.5. The Hall–Kier alpha value is -3.55. The van der Waals surface area contributed by atoms with Gasteiger partial charge in [-0.1, -0.05) is 90.4 Å². The second-order valence-corrected chi connectivity index (χ2v) is 10.5. The number of rotatable bonds is 23. The Labute approximate surface area is 251 Å². The van der Waals surface area contributed by atoms with Gasteiger partial charge in [0.05, 0.1) is 18.8 Å². The summed E-state index contributed by atoms with van der Waals surface area (Å²) in [7, 11) is 0. The molecule has 1 unspecified atom stereocenters. The van der Waals surface area contributed by atoms with Gasteiger partial charge in [-0.05, 0) is 61.9 Å². The lowest BCUT2D eigenvalue weighted by atomic mass is 10.0. The molecule has 0 aliphatic carbocycles. The number of ether oxygens (including phenoxy) is 3. The molecule has 42 heavy (non-hydrogen) atoms. The van der Waals surface area contributed by atoms with Gasteiger partial charge in [-0.15, -0.1) is 0 Å². The van der Waals surface area contributed by atoms with Crippen molar-refractivity contribution in [2.45, 2.75) is 110 Å². The van der Waals surface area contributed by atoms with E-state index in [2.05, 4.69) is 12.2 Å². The maximum Gasteiger partial charge on any atom is 0.357 e. The molecule has 8 heteroatoms. The number of unbranched alkanes of at least 4 members (excludes halogenated alkanes) is 13. The van der Waals surface area contributed by atoms with Crippen LogP contribution in [0.5, 0.6) is 11.5 Å². The van der Waals surface area contributed by atoms with Crippen LogP contribution in [-0.2, 0) is 14.3 Å². The number of carboxylic acids is 1. The molecule has 0 saturated carbocycles. The summed E-state index contributed by atoms with van der Waals surface area (Å²) in [6.07, 6.45) is 16.8. The molecular formula is C34H49NO7. The molecule has 2 aromatic rings. The first kappa shape index (κ1) is 34.7. The average Bonchev–Trinajstić information content (AvgIpc) is 2.99. The van der Waals surface area contributed by atoms with Gasteiger partial charge < -0.3 is 24.6 Å². The van der Waals surface area contributed by atoms with Gasteiger partial charge in [-0.3, -0.25) is 4.79 Å². The number of anilines is 1. The summed E-state index contributed by atoms with van der Waals surface area (Å²) < 4.78 is 16.4. The van der Waals surface area contributed by atoms with Crippen molar-refractivity contribution in [3.8, 4) is 11.5 Å². The fourth-order valence-corrected chi connectivity index (χ4v) is 4.57. The smallest absolute Gasteiger partial charge is 0.357 e. The number of esters is 1. The molecule has 2 rings (SSSR count). The van der Waals surface area contributed by atoms with Crippen molar-refractivity contribution in [1.29, 1.82) is 0 Å². The molecule has 0 bridgehead atoms. The summed E-state index contributed by atoms with van der Waals surface area (Å²) in [5.74, 6) is -1.76. The molecule has 0 aromatic heterocycles. The molecule has 0 heterocycles. The highest BCUT2D eigenvalue weighted by atomic mass is 16.6. The number of carboxylic acid groups (broad SMARTS) is 1. The van der Waals surface area contributed by atoms with Crippen LogP contribution in [0.25, 0.3) is 0 Å². The number of nitrogens with one attached hydrogen (secondary N) is 1. The number of hydrogen-bond acceptors (Lipinski definition) is 6. The minimum Gasteiger partial charge on any atom is -0.494 e. The number of benzene rings is 2. The Bertz CT molecular complexity index is 1040. The predicted molar refractivity (Wildman–Crippen MR) is 165 cm³/mol. The third kappa shape index (κ3) is 14.4. The zero-order valence-corrected chi connectivity index (χ0v) is 25.4. The Morgan fingerprint density at radius 1 is 0.690 bits per heavy atom. The predicted octanol–water partition coefficient (Wildman–Crippen LogP) is 8.19. The highest BCUT2D eigenvalue weighted by Gasteiger charge is 2.30. The largest absolute Gasteiger partial charge is 0.494 e. The lowest BCUT2D eigenvalue weighted by molar-refractivity contribution is -0.154. The molecule has 232 valence electrons. The van der Waals surface area contributed by atoms with E-state index < -0.39 is 23.9 Å². The highest BCUT2D eigenvalue weighted by Crippen LogP contribution is 2.19. The molecule has 0 aliphatic heterocycles. The van der Waals surface area contributed by atoms with Gasteiger partial charge in [0.1, 0.15) is 11.5 Å². The van der Waals surface area contributed by atoms with Gasteiger partial charge in [0.15, 0.2) is 0 Å². The van der Waals surface area contributed by atoms with Crippen molar-refractivity contribution in [2.24, 2.45) is 0 Å². The van der Waals surface area contributed by atoms with Crippen molar-refractivity contribution < 1.29 is 33.7 Å². The summed E-state index contributed by atoms with van der Waals surface area (Å²) >= 11 is 0. The first-order valence-electron chi connectivity index (χ1n) is 15.6. The van der Waals surface area contributed by atoms with E-state index in [1.165, 1.54) is 101 Å². The first-order valence-corrected chi connectivity index (χ1v) is 15.6. The lowest BCUT2D eigenvalue weighted by Gasteiger charge is -2.17. The van der Waals surface area contributed by atoms with Crippen molar-refractivity contribution in [1.82, 2.24) is 0 Å². The second kappa shape index (κ2) is 21.2. The third-order valence-electron chi connectivity index (χ3n) is 6.98. The fraction of sp³-hybridized carbons (Fsp3) is 0.559. The zero-order chi connectivity index (χ0) is 30.4. The fourth-order valence-electron chi connectivity index (χ4n) is 4.57. The molecule has 0 spiro atoms. The van der Waals surface area contributed by atoms with Crippen LogP contribution < -0.4 is 14.8 Å². The van der Waals surface area contributed by atoms with Crippen LogP contribution in [0.2, 0.25) is 0 Å². The number of hydrogen-bond donors (Lipinski definition) is 2. The summed E-state index contributed by atoms with van der Waals surface area (Å²) in [6.45, 7) is 4.61. The molecule has 0 saturated heterocycles. The SMILES string of the molecule is CCCCCCCCCCCCCCCCOc1ccc(NC(=O)C(Oc2ccc(C(=O)O)cc2)C(=O)OCC)cc1. The lowest BCUT2D eigenvalue weighted by Crippen LogP contribution is -2.41. The minimum absolute atomic E-state index is 0.0612. The van der Waals surface area contributed by atoms with Crippen molar-refractivity contribution >= 4 is 23.5 Å². The van der Waals surface area contributed by atoms with E-state index in [0.29, 0.717) is 18.0 Å². The molecule has 1 amide bonds. The van der Waals surface area contributed by atoms with Crippen LogP contribution in [0, 0.1) is 0 Å². The quantitative estimate of drug-likeness (QED) is 0.0770. The van der Waals surface area contributed by atoms with Gasteiger partial charge in [0, 0.05) is 5.69 Å². The molecular weight excluding hydrogens is 534 g/mol. The van der Waals surface area contributed by atoms with E-state index >= 15 is 0 Å². The monoisotopic (exact) mass is 583 g/mol. The molecule has 0 fully saturated rings. The topological polar surface area (TPSA) is 111 Å². The maximum atomic E-state index is 12.9. The number of carbonyl (C=O) groups is 3. The normalized spacial score (nSPS) is 11.5. The van der Waals surface area contributed by atoms with Gasteiger partial charge >= 0.3 is 11.9 Å². The van der Waals surface area contributed by atoms with E-state index in [-0.39, 0.29) is 17.9 Å². The maximum absolute atomic E-state index is 12.9. The minimum atomic E-state index is -1.56.